The lowest BCUT2D eigenvalue weighted by atomic mass is 9.86. The summed E-state index contributed by atoms with van der Waals surface area (Å²) in [5.74, 6) is 0.902. The van der Waals surface area contributed by atoms with Crippen molar-refractivity contribution in [1.29, 1.82) is 0 Å². The summed E-state index contributed by atoms with van der Waals surface area (Å²) >= 11 is 0. The molecule has 3 heteroatoms. The van der Waals surface area contributed by atoms with Gasteiger partial charge in [-0.15, -0.1) is 0 Å². The first kappa shape index (κ1) is 14.8. The van der Waals surface area contributed by atoms with Gasteiger partial charge in [0.25, 0.3) is 0 Å². The number of carbonyl (C=O) groups excluding carboxylic acids is 1. The number of carbonyl (C=O) groups is 1. The van der Waals surface area contributed by atoms with Crippen LogP contribution in [0.5, 0.6) is 0 Å². The van der Waals surface area contributed by atoms with Gasteiger partial charge < -0.3 is 10.0 Å². The Kier molecular flexibility index (Phi) is 6.15. The first-order valence-corrected chi connectivity index (χ1v) is 8.21. The zero-order chi connectivity index (χ0) is 13.5. The smallest absolute Gasteiger partial charge is 0.223 e. The summed E-state index contributed by atoms with van der Waals surface area (Å²) in [7, 11) is 0. The van der Waals surface area contributed by atoms with Crippen LogP contribution in [0.25, 0.3) is 0 Å². The van der Waals surface area contributed by atoms with Gasteiger partial charge >= 0.3 is 0 Å². The van der Waals surface area contributed by atoms with Gasteiger partial charge in [-0.05, 0) is 31.6 Å². The zero-order valence-electron chi connectivity index (χ0n) is 12.1. The van der Waals surface area contributed by atoms with Crippen LogP contribution in [0.3, 0.4) is 0 Å². The van der Waals surface area contributed by atoms with Crippen molar-refractivity contribution >= 4 is 5.91 Å². The summed E-state index contributed by atoms with van der Waals surface area (Å²) in [4.78, 5) is 14.5. The van der Waals surface area contributed by atoms with Crippen LogP contribution in [0.4, 0.5) is 0 Å². The van der Waals surface area contributed by atoms with E-state index in [0.29, 0.717) is 24.4 Å². The quantitative estimate of drug-likeness (QED) is 0.831. The van der Waals surface area contributed by atoms with E-state index in [9.17, 15) is 9.90 Å². The first-order valence-electron chi connectivity index (χ1n) is 8.21. The molecule has 0 spiro atoms. The fraction of sp³-hybridized carbons (Fsp3) is 0.938. The highest BCUT2D eigenvalue weighted by Gasteiger charge is 2.27. The molecule has 110 valence electrons. The lowest BCUT2D eigenvalue weighted by Crippen LogP contribution is -2.43. The molecule has 0 bridgehead atoms. The maximum atomic E-state index is 12.5. The molecule has 0 atom stereocenters. The zero-order valence-corrected chi connectivity index (χ0v) is 12.1. The Morgan fingerprint density at radius 2 is 1.53 bits per heavy atom. The van der Waals surface area contributed by atoms with Crippen LogP contribution < -0.4 is 0 Å². The minimum atomic E-state index is 0.104. The van der Waals surface area contributed by atoms with Crippen LogP contribution in [0, 0.1) is 5.92 Å². The topological polar surface area (TPSA) is 40.5 Å². The van der Waals surface area contributed by atoms with Crippen molar-refractivity contribution in [2.24, 2.45) is 5.92 Å². The van der Waals surface area contributed by atoms with Gasteiger partial charge in [0.1, 0.15) is 0 Å². The molecule has 2 saturated carbocycles. The maximum absolute atomic E-state index is 12.5. The molecule has 19 heavy (non-hydrogen) atoms. The third-order valence-corrected chi connectivity index (χ3v) is 4.86. The second kappa shape index (κ2) is 7.88. The van der Waals surface area contributed by atoms with Gasteiger partial charge in [-0.25, -0.2) is 0 Å². The van der Waals surface area contributed by atoms with Crippen LogP contribution >= 0.6 is 0 Å². The maximum Gasteiger partial charge on any atom is 0.223 e. The van der Waals surface area contributed by atoms with Gasteiger partial charge in [0.05, 0.1) is 6.61 Å². The van der Waals surface area contributed by atoms with E-state index in [1.54, 1.807) is 0 Å². The fourth-order valence-corrected chi connectivity index (χ4v) is 3.77. The van der Waals surface area contributed by atoms with Crippen molar-refractivity contribution < 1.29 is 9.90 Å². The molecule has 0 unspecified atom stereocenters. The van der Waals surface area contributed by atoms with Gasteiger partial charge in [-0.3, -0.25) is 4.79 Å². The molecule has 2 fully saturated rings. The number of rotatable bonds is 5. The summed E-state index contributed by atoms with van der Waals surface area (Å²) in [6.45, 7) is 0.642. The van der Waals surface area contributed by atoms with Crippen molar-refractivity contribution in [2.75, 3.05) is 13.2 Å². The van der Waals surface area contributed by atoms with Crippen molar-refractivity contribution in [3.8, 4) is 0 Å². The van der Waals surface area contributed by atoms with E-state index in [1.165, 1.54) is 51.4 Å². The molecule has 2 rings (SSSR count). The third-order valence-electron chi connectivity index (χ3n) is 4.86. The second-order valence-corrected chi connectivity index (χ2v) is 6.31. The number of nitrogens with zero attached hydrogens (tertiary/aromatic N) is 1. The van der Waals surface area contributed by atoms with Crippen LogP contribution in [-0.2, 0) is 4.79 Å². The van der Waals surface area contributed by atoms with Gasteiger partial charge in [0, 0.05) is 19.0 Å². The number of aliphatic hydroxyl groups is 1. The van der Waals surface area contributed by atoms with Crippen LogP contribution in [0.1, 0.15) is 70.6 Å². The largest absolute Gasteiger partial charge is 0.395 e. The van der Waals surface area contributed by atoms with Crippen LogP contribution in [-0.4, -0.2) is 35.1 Å². The highest BCUT2D eigenvalue weighted by atomic mass is 16.3. The molecular weight excluding hydrogens is 238 g/mol. The highest BCUT2D eigenvalue weighted by Crippen LogP contribution is 2.29. The van der Waals surface area contributed by atoms with E-state index in [-0.39, 0.29) is 6.61 Å². The molecule has 0 saturated heterocycles. The van der Waals surface area contributed by atoms with Gasteiger partial charge in [0.2, 0.25) is 5.91 Å². The summed E-state index contributed by atoms with van der Waals surface area (Å²) < 4.78 is 0. The first-order chi connectivity index (χ1) is 9.31. The third kappa shape index (κ3) is 4.48. The van der Waals surface area contributed by atoms with E-state index >= 15 is 0 Å². The van der Waals surface area contributed by atoms with Crippen LogP contribution in [0.15, 0.2) is 0 Å². The van der Waals surface area contributed by atoms with Crippen molar-refractivity contribution in [3.63, 3.8) is 0 Å². The lowest BCUT2D eigenvalue weighted by Gasteiger charge is -2.35. The van der Waals surface area contributed by atoms with E-state index in [2.05, 4.69) is 0 Å². The van der Waals surface area contributed by atoms with Gasteiger partial charge in [0.15, 0.2) is 0 Å². The highest BCUT2D eigenvalue weighted by molar-refractivity contribution is 5.76. The minimum Gasteiger partial charge on any atom is -0.395 e. The predicted molar refractivity (Wildman–Crippen MR) is 76.9 cm³/mol. The standard InChI is InChI=1S/C16H29NO2/c18-12-11-17(15-9-5-2-6-10-15)16(19)13-14-7-3-1-4-8-14/h14-15,18H,1-13H2. The molecule has 0 aliphatic heterocycles. The Labute approximate surface area is 117 Å². The molecule has 3 nitrogen and oxygen atoms in total. The molecule has 1 amide bonds. The molecule has 0 heterocycles. The molecule has 0 aromatic carbocycles. The number of aliphatic hydroxyl groups excluding tert-OH is 1. The molecule has 0 aromatic heterocycles. The Morgan fingerprint density at radius 1 is 0.947 bits per heavy atom. The summed E-state index contributed by atoms with van der Waals surface area (Å²) in [5, 5.41) is 9.23. The van der Waals surface area contributed by atoms with E-state index < -0.39 is 0 Å². The van der Waals surface area contributed by atoms with Crippen LogP contribution in [0.2, 0.25) is 0 Å². The number of hydrogen-bond donors (Lipinski definition) is 1. The van der Waals surface area contributed by atoms with Gasteiger partial charge in [-0.1, -0.05) is 38.5 Å². The number of hydrogen-bond acceptors (Lipinski definition) is 2. The summed E-state index contributed by atoms with van der Waals surface area (Å²) in [6.07, 6.45) is 13.2. The number of amides is 1. The Morgan fingerprint density at radius 3 is 2.11 bits per heavy atom. The molecule has 2 aliphatic carbocycles. The summed E-state index contributed by atoms with van der Waals surface area (Å²) in [6, 6.07) is 0.400. The molecule has 0 radical (unpaired) electrons. The monoisotopic (exact) mass is 267 g/mol. The Hall–Kier alpha value is -0.570. The SMILES string of the molecule is O=C(CC1CCCCC1)N(CCO)C1CCCCC1. The average Bonchev–Trinajstić information content (AvgIpc) is 2.46. The van der Waals surface area contributed by atoms with E-state index in [1.807, 2.05) is 4.90 Å². The normalized spacial score (nSPS) is 22.4. The molecular formula is C16H29NO2. The van der Waals surface area contributed by atoms with Crippen molar-refractivity contribution in [1.82, 2.24) is 4.90 Å². The Balaban J connectivity index is 1.87. The molecule has 2 aliphatic rings. The average molecular weight is 267 g/mol. The van der Waals surface area contributed by atoms with E-state index in [0.717, 1.165) is 19.3 Å². The van der Waals surface area contributed by atoms with Crippen molar-refractivity contribution in [3.05, 3.63) is 0 Å². The fourth-order valence-electron chi connectivity index (χ4n) is 3.77. The molecule has 0 aromatic rings. The summed E-state index contributed by atoms with van der Waals surface area (Å²) in [5.41, 5.74) is 0. The predicted octanol–water partition coefficient (Wildman–Crippen LogP) is 3.11. The second-order valence-electron chi connectivity index (χ2n) is 6.31. The van der Waals surface area contributed by atoms with Gasteiger partial charge in [-0.2, -0.15) is 0 Å². The molecule has 1 N–H and O–H groups in total. The van der Waals surface area contributed by atoms with Crippen molar-refractivity contribution in [2.45, 2.75) is 76.7 Å². The van der Waals surface area contributed by atoms with E-state index in [4.69, 9.17) is 0 Å². The minimum absolute atomic E-state index is 0.104. The lowest BCUT2D eigenvalue weighted by molar-refractivity contribution is -0.136. The Bertz CT molecular complexity index is 268.